The molecule has 0 amide bonds. The minimum Gasteiger partial charge on any atom is -0.317 e. The van der Waals surface area contributed by atoms with Gasteiger partial charge in [0.25, 0.3) is 0 Å². The predicted octanol–water partition coefficient (Wildman–Crippen LogP) is 3.12. The van der Waals surface area contributed by atoms with Crippen LogP contribution in [0.3, 0.4) is 0 Å². The molecule has 6 heteroatoms. The molecule has 3 aromatic heterocycles. The Morgan fingerprint density at radius 2 is 2.00 bits per heavy atom. The van der Waals surface area contributed by atoms with Crippen LogP contribution in [0.5, 0.6) is 0 Å². The van der Waals surface area contributed by atoms with Crippen molar-refractivity contribution in [1.29, 1.82) is 0 Å². The zero-order valence-electron chi connectivity index (χ0n) is 13.7. The normalized spacial score (nSPS) is 15.9. The highest BCUT2D eigenvalue weighted by Crippen LogP contribution is 2.28. The van der Waals surface area contributed by atoms with E-state index < -0.39 is 0 Å². The molecule has 1 aliphatic heterocycles. The van der Waals surface area contributed by atoms with Crippen LogP contribution >= 0.6 is 0 Å². The summed E-state index contributed by atoms with van der Waals surface area (Å²) < 4.78 is 15.7. The lowest BCUT2D eigenvalue weighted by molar-refractivity contribution is 0.351. The predicted molar refractivity (Wildman–Crippen MR) is 91.2 cm³/mol. The summed E-state index contributed by atoms with van der Waals surface area (Å²) in [6, 6.07) is 3.91. The SMILES string of the molecule is CCc1ncc(F)cc1-c1cc2cnn(C3CCNCC3)c2cn1. The van der Waals surface area contributed by atoms with Crippen molar-refractivity contribution in [1.82, 2.24) is 25.1 Å². The molecule has 0 atom stereocenters. The summed E-state index contributed by atoms with van der Waals surface area (Å²) in [5, 5.41) is 8.98. The molecule has 3 aromatic rings. The Kier molecular flexibility index (Phi) is 3.98. The van der Waals surface area contributed by atoms with Crippen molar-refractivity contribution >= 4 is 10.9 Å². The lowest BCUT2D eigenvalue weighted by Gasteiger charge is -2.23. The van der Waals surface area contributed by atoms with Gasteiger partial charge in [-0.05, 0) is 44.5 Å². The molecule has 0 bridgehead atoms. The van der Waals surface area contributed by atoms with Crippen LogP contribution in [0.2, 0.25) is 0 Å². The number of nitrogens with zero attached hydrogens (tertiary/aromatic N) is 4. The molecule has 4 rings (SSSR count). The fraction of sp³-hybridized carbons (Fsp3) is 0.389. The number of halogens is 1. The minimum absolute atomic E-state index is 0.338. The van der Waals surface area contributed by atoms with Crippen molar-refractivity contribution < 1.29 is 4.39 Å². The topological polar surface area (TPSA) is 55.6 Å². The van der Waals surface area contributed by atoms with Gasteiger partial charge in [-0.3, -0.25) is 14.6 Å². The van der Waals surface area contributed by atoms with Crippen LogP contribution in [-0.4, -0.2) is 32.8 Å². The van der Waals surface area contributed by atoms with Crippen LogP contribution in [0.4, 0.5) is 4.39 Å². The number of hydrogen-bond acceptors (Lipinski definition) is 4. The van der Waals surface area contributed by atoms with E-state index in [1.807, 2.05) is 25.4 Å². The molecule has 0 unspecified atom stereocenters. The van der Waals surface area contributed by atoms with Crippen LogP contribution < -0.4 is 5.32 Å². The van der Waals surface area contributed by atoms with Gasteiger partial charge in [0, 0.05) is 16.6 Å². The maximum atomic E-state index is 13.6. The maximum Gasteiger partial charge on any atom is 0.142 e. The number of piperidine rings is 1. The molecule has 5 nitrogen and oxygen atoms in total. The second-order valence-corrected chi connectivity index (χ2v) is 6.20. The Morgan fingerprint density at radius 1 is 1.17 bits per heavy atom. The van der Waals surface area contributed by atoms with Crippen LogP contribution in [0.25, 0.3) is 22.2 Å². The standard InChI is InChI=1S/C18H20FN5/c1-2-16-15(8-13(19)10-21-16)17-7-12-9-23-24(18(12)11-22-17)14-3-5-20-6-4-14/h7-11,14,20H,2-6H2,1H3. The van der Waals surface area contributed by atoms with Crippen LogP contribution in [0, 0.1) is 5.82 Å². The molecule has 0 saturated carbocycles. The molecule has 1 saturated heterocycles. The molecule has 24 heavy (non-hydrogen) atoms. The van der Waals surface area contributed by atoms with E-state index in [9.17, 15) is 4.39 Å². The van der Waals surface area contributed by atoms with Gasteiger partial charge < -0.3 is 5.32 Å². The van der Waals surface area contributed by atoms with Crippen LogP contribution in [0.15, 0.2) is 30.7 Å². The van der Waals surface area contributed by atoms with Crippen molar-refractivity contribution in [2.75, 3.05) is 13.1 Å². The highest BCUT2D eigenvalue weighted by molar-refractivity contribution is 5.82. The van der Waals surface area contributed by atoms with Crippen molar-refractivity contribution in [3.8, 4) is 11.3 Å². The molecule has 124 valence electrons. The van der Waals surface area contributed by atoms with E-state index >= 15 is 0 Å². The number of aromatic nitrogens is 4. The summed E-state index contributed by atoms with van der Waals surface area (Å²) in [7, 11) is 0. The van der Waals surface area contributed by atoms with E-state index in [-0.39, 0.29) is 5.82 Å². The zero-order chi connectivity index (χ0) is 16.5. The number of aryl methyl sites for hydroxylation is 1. The Balaban J connectivity index is 1.76. The first-order valence-electron chi connectivity index (χ1n) is 8.45. The Bertz CT molecular complexity index is 867. The molecule has 4 heterocycles. The zero-order valence-corrected chi connectivity index (χ0v) is 13.7. The quantitative estimate of drug-likeness (QED) is 0.804. The van der Waals surface area contributed by atoms with Crippen molar-refractivity contribution in [3.05, 3.63) is 42.2 Å². The fourth-order valence-corrected chi connectivity index (χ4v) is 3.41. The second kappa shape index (κ2) is 6.28. The number of hydrogen-bond donors (Lipinski definition) is 1. The summed E-state index contributed by atoms with van der Waals surface area (Å²) in [6.07, 6.45) is 7.88. The maximum absolute atomic E-state index is 13.6. The van der Waals surface area contributed by atoms with E-state index in [0.29, 0.717) is 6.04 Å². The first-order valence-corrected chi connectivity index (χ1v) is 8.45. The van der Waals surface area contributed by atoms with E-state index in [0.717, 1.165) is 60.2 Å². The molecule has 0 spiro atoms. The van der Waals surface area contributed by atoms with E-state index in [4.69, 9.17) is 0 Å². The number of pyridine rings is 2. The Morgan fingerprint density at radius 3 is 2.79 bits per heavy atom. The van der Waals surface area contributed by atoms with Crippen molar-refractivity contribution in [2.45, 2.75) is 32.2 Å². The summed E-state index contributed by atoms with van der Waals surface area (Å²) in [5.74, 6) is -0.338. The second-order valence-electron chi connectivity index (χ2n) is 6.20. The summed E-state index contributed by atoms with van der Waals surface area (Å²) >= 11 is 0. The highest BCUT2D eigenvalue weighted by Gasteiger charge is 2.18. The van der Waals surface area contributed by atoms with Gasteiger partial charge in [0.15, 0.2) is 0 Å². The Labute approximate surface area is 139 Å². The van der Waals surface area contributed by atoms with Gasteiger partial charge in [-0.25, -0.2) is 4.39 Å². The summed E-state index contributed by atoms with van der Waals surface area (Å²) in [5.41, 5.74) is 3.40. The minimum atomic E-state index is -0.338. The molecular formula is C18H20FN5. The molecule has 1 N–H and O–H groups in total. The summed E-state index contributed by atoms with van der Waals surface area (Å²) in [4.78, 5) is 8.76. The number of nitrogens with one attached hydrogen (secondary N) is 1. The van der Waals surface area contributed by atoms with E-state index in [2.05, 4.69) is 25.1 Å². The lowest BCUT2D eigenvalue weighted by Crippen LogP contribution is -2.29. The van der Waals surface area contributed by atoms with E-state index in [1.54, 1.807) is 0 Å². The largest absolute Gasteiger partial charge is 0.317 e. The fourth-order valence-electron chi connectivity index (χ4n) is 3.41. The van der Waals surface area contributed by atoms with Crippen molar-refractivity contribution in [3.63, 3.8) is 0 Å². The highest BCUT2D eigenvalue weighted by atomic mass is 19.1. The van der Waals surface area contributed by atoms with E-state index in [1.165, 1.54) is 12.3 Å². The Hall–Kier alpha value is -2.34. The number of rotatable bonds is 3. The third-order valence-corrected chi connectivity index (χ3v) is 4.68. The molecule has 0 aliphatic carbocycles. The third kappa shape index (κ3) is 2.67. The smallest absolute Gasteiger partial charge is 0.142 e. The monoisotopic (exact) mass is 325 g/mol. The van der Waals surface area contributed by atoms with Crippen LogP contribution in [-0.2, 0) is 6.42 Å². The van der Waals surface area contributed by atoms with Gasteiger partial charge >= 0.3 is 0 Å². The first kappa shape index (κ1) is 15.2. The van der Waals surface area contributed by atoms with Gasteiger partial charge in [-0.2, -0.15) is 5.10 Å². The van der Waals surface area contributed by atoms with Gasteiger partial charge in [-0.15, -0.1) is 0 Å². The van der Waals surface area contributed by atoms with Gasteiger partial charge in [0.1, 0.15) is 5.82 Å². The third-order valence-electron chi connectivity index (χ3n) is 4.68. The molecule has 0 radical (unpaired) electrons. The first-order chi connectivity index (χ1) is 11.8. The van der Waals surface area contributed by atoms with Crippen molar-refractivity contribution in [2.24, 2.45) is 0 Å². The van der Waals surface area contributed by atoms with Crippen LogP contribution in [0.1, 0.15) is 31.5 Å². The number of fused-ring (bicyclic) bond motifs is 1. The molecule has 0 aromatic carbocycles. The molecule has 1 aliphatic rings. The lowest BCUT2D eigenvalue weighted by atomic mass is 10.1. The van der Waals surface area contributed by atoms with Gasteiger partial charge in [0.2, 0.25) is 0 Å². The average Bonchev–Trinajstić information content (AvgIpc) is 3.05. The van der Waals surface area contributed by atoms with Gasteiger partial charge in [0.05, 0.1) is 35.8 Å². The average molecular weight is 325 g/mol. The summed E-state index contributed by atoms with van der Waals surface area (Å²) in [6.45, 7) is 4.05. The molecular weight excluding hydrogens is 305 g/mol. The van der Waals surface area contributed by atoms with Gasteiger partial charge in [-0.1, -0.05) is 6.92 Å². The molecule has 1 fully saturated rings.